The van der Waals surface area contributed by atoms with Gasteiger partial charge in [-0.2, -0.15) is 0 Å². The first-order chi connectivity index (χ1) is 10.3. The number of hydrogen-bond acceptors (Lipinski definition) is 3. The van der Waals surface area contributed by atoms with Crippen LogP contribution in [-0.2, 0) is 6.54 Å². The molecule has 1 aromatic carbocycles. The molecule has 0 aliphatic heterocycles. The summed E-state index contributed by atoms with van der Waals surface area (Å²) >= 11 is 0. The van der Waals surface area contributed by atoms with Crippen molar-refractivity contribution in [3.8, 4) is 17.6 Å². The molecule has 1 fully saturated rings. The van der Waals surface area contributed by atoms with E-state index < -0.39 is 0 Å². The van der Waals surface area contributed by atoms with Gasteiger partial charge < -0.3 is 9.84 Å². The van der Waals surface area contributed by atoms with Crippen LogP contribution < -0.4 is 4.74 Å². The molecule has 0 bridgehead atoms. The zero-order valence-corrected chi connectivity index (χ0v) is 13.1. The summed E-state index contributed by atoms with van der Waals surface area (Å²) in [5.41, 5.74) is 2.17. The monoisotopic (exact) mass is 287 g/mol. The zero-order chi connectivity index (χ0) is 15.1. The molecule has 0 heterocycles. The third kappa shape index (κ3) is 5.08. The van der Waals surface area contributed by atoms with E-state index in [2.05, 4.69) is 29.7 Å². The molecular weight excluding hydrogens is 262 g/mol. The van der Waals surface area contributed by atoms with Gasteiger partial charge in [0, 0.05) is 18.7 Å². The number of rotatable bonds is 7. The summed E-state index contributed by atoms with van der Waals surface area (Å²) < 4.78 is 5.33. The van der Waals surface area contributed by atoms with Gasteiger partial charge in [0.05, 0.1) is 7.11 Å². The average molecular weight is 287 g/mol. The summed E-state index contributed by atoms with van der Waals surface area (Å²) in [4.78, 5) is 2.51. The van der Waals surface area contributed by atoms with Crippen molar-refractivity contribution in [2.45, 2.75) is 32.7 Å². The number of nitrogens with zero attached hydrogens (tertiary/aromatic N) is 1. The topological polar surface area (TPSA) is 32.7 Å². The fraction of sp³-hybridized carbons (Fsp3) is 0.556. The van der Waals surface area contributed by atoms with Crippen LogP contribution in [0.1, 0.15) is 37.3 Å². The van der Waals surface area contributed by atoms with Crippen LogP contribution >= 0.6 is 0 Å². The van der Waals surface area contributed by atoms with Crippen LogP contribution in [0.3, 0.4) is 0 Å². The number of aliphatic hydroxyl groups is 1. The van der Waals surface area contributed by atoms with E-state index in [-0.39, 0.29) is 6.61 Å². The van der Waals surface area contributed by atoms with Gasteiger partial charge in [-0.15, -0.1) is 0 Å². The number of aliphatic hydroxyl groups excluding tert-OH is 1. The minimum Gasteiger partial charge on any atom is -0.497 e. The molecule has 0 radical (unpaired) electrons. The smallest absolute Gasteiger partial charge is 0.119 e. The van der Waals surface area contributed by atoms with Gasteiger partial charge in [0.25, 0.3) is 0 Å². The van der Waals surface area contributed by atoms with Gasteiger partial charge in [0.2, 0.25) is 0 Å². The number of benzene rings is 1. The van der Waals surface area contributed by atoms with Crippen molar-refractivity contribution in [2.75, 3.05) is 26.8 Å². The lowest BCUT2D eigenvalue weighted by molar-refractivity contribution is 0.254. The van der Waals surface area contributed by atoms with Crippen LogP contribution in [0.2, 0.25) is 0 Å². The largest absolute Gasteiger partial charge is 0.497 e. The molecule has 0 saturated heterocycles. The maximum atomic E-state index is 8.90. The predicted molar refractivity (Wildman–Crippen MR) is 85.2 cm³/mol. The van der Waals surface area contributed by atoms with E-state index in [4.69, 9.17) is 9.84 Å². The van der Waals surface area contributed by atoms with Crippen molar-refractivity contribution in [1.29, 1.82) is 0 Å². The Labute approximate surface area is 127 Å². The molecule has 0 atom stereocenters. The molecule has 2 rings (SSSR count). The van der Waals surface area contributed by atoms with Gasteiger partial charge in [0.1, 0.15) is 12.4 Å². The highest BCUT2D eigenvalue weighted by atomic mass is 16.5. The number of ether oxygens (including phenoxy) is 1. The minimum atomic E-state index is -0.105. The lowest BCUT2D eigenvalue weighted by Crippen LogP contribution is -2.26. The molecular formula is C18H25NO2. The Kier molecular flexibility index (Phi) is 6.10. The number of hydrogen-bond donors (Lipinski definition) is 1. The van der Waals surface area contributed by atoms with E-state index in [0.29, 0.717) is 0 Å². The van der Waals surface area contributed by atoms with E-state index in [1.807, 2.05) is 12.1 Å². The molecule has 0 spiro atoms. The zero-order valence-electron chi connectivity index (χ0n) is 13.1. The maximum Gasteiger partial charge on any atom is 0.119 e. The Morgan fingerprint density at radius 1 is 1.38 bits per heavy atom. The van der Waals surface area contributed by atoms with Gasteiger partial charge in [-0.3, -0.25) is 4.90 Å². The minimum absolute atomic E-state index is 0.105. The van der Waals surface area contributed by atoms with Crippen LogP contribution in [-0.4, -0.2) is 36.8 Å². The molecule has 114 valence electrons. The molecule has 0 unspecified atom stereocenters. The van der Waals surface area contributed by atoms with E-state index in [9.17, 15) is 0 Å². The van der Waals surface area contributed by atoms with E-state index in [1.54, 1.807) is 7.11 Å². The van der Waals surface area contributed by atoms with E-state index >= 15 is 0 Å². The summed E-state index contributed by atoms with van der Waals surface area (Å²) in [6.45, 7) is 5.31. The first kappa shape index (κ1) is 15.9. The second-order valence-corrected chi connectivity index (χ2v) is 5.66. The quantitative estimate of drug-likeness (QED) is 0.783. The lowest BCUT2D eigenvalue weighted by Gasteiger charge is -2.22. The van der Waals surface area contributed by atoms with Crippen molar-refractivity contribution < 1.29 is 9.84 Å². The highest BCUT2D eigenvalue weighted by Crippen LogP contribution is 2.30. The van der Waals surface area contributed by atoms with Gasteiger partial charge in [-0.05, 0) is 55.5 Å². The van der Waals surface area contributed by atoms with Crippen molar-refractivity contribution in [3.63, 3.8) is 0 Å². The predicted octanol–water partition coefficient (Wildman–Crippen LogP) is 2.66. The van der Waals surface area contributed by atoms with Gasteiger partial charge in [-0.25, -0.2) is 0 Å². The highest BCUT2D eigenvalue weighted by molar-refractivity contribution is 5.45. The van der Waals surface area contributed by atoms with Gasteiger partial charge in [-0.1, -0.05) is 18.8 Å². The highest BCUT2D eigenvalue weighted by Gasteiger charge is 2.24. The SMILES string of the molecule is CCCN(Cc1cc(OC)ccc1C#CCO)CC1CC1. The van der Waals surface area contributed by atoms with Crippen molar-refractivity contribution >= 4 is 0 Å². The molecule has 1 aliphatic carbocycles. The Balaban J connectivity index is 2.16. The summed E-state index contributed by atoms with van der Waals surface area (Å²) in [7, 11) is 1.69. The van der Waals surface area contributed by atoms with Crippen molar-refractivity contribution in [3.05, 3.63) is 29.3 Å². The molecule has 1 N–H and O–H groups in total. The van der Waals surface area contributed by atoms with Crippen molar-refractivity contribution in [2.24, 2.45) is 5.92 Å². The van der Waals surface area contributed by atoms with E-state index in [1.165, 1.54) is 24.9 Å². The summed E-state index contributed by atoms with van der Waals surface area (Å²) in [6, 6.07) is 5.98. The molecule has 1 aliphatic rings. The molecule has 0 aromatic heterocycles. The van der Waals surface area contributed by atoms with Crippen LogP contribution in [0.25, 0.3) is 0 Å². The van der Waals surface area contributed by atoms with Crippen LogP contribution in [0.5, 0.6) is 5.75 Å². The first-order valence-corrected chi connectivity index (χ1v) is 7.75. The standard InChI is InChI=1S/C18H25NO2/c1-3-10-19(13-15-6-7-15)14-17-12-18(21-2)9-8-16(17)5-4-11-20/h8-9,12,15,20H,3,6-7,10-11,13-14H2,1-2H3. The first-order valence-electron chi connectivity index (χ1n) is 7.75. The fourth-order valence-corrected chi connectivity index (χ4v) is 2.54. The summed E-state index contributed by atoms with van der Waals surface area (Å²) in [6.07, 6.45) is 3.90. The Morgan fingerprint density at radius 3 is 2.81 bits per heavy atom. The molecule has 3 heteroatoms. The summed E-state index contributed by atoms with van der Waals surface area (Å²) in [5.74, 6) is 7.54. The Hall–Kier alpha value is -1.50. The van der Waals surface area contributed by atoms with Crippen LogP contribution in [0.15, 0.2) is 18.2 Å². The lowest BCUT2D eigenvalue weighted by atomic mass is 10.1. The van der Waals surface area contributed by atoms with Gasteiger partial charge >= 0.3 is 0 Å². The molecule has 1 saturated carbocycles. The van der Waals surface area contributed by atoms with Crippen LogP contribution in [0, 0.1) is 17.8 Å². The average Bonchev–Trinajstić information content (AvgIpc) is 3.30. The third-order valence-electron chi connectivity index (χ3n) is 3.76. The second-order valence-electron chi connectivity index (χ2n) is 5.66. The maximum absolute atomic E-state index is 8.90. The van der Waals surface area contributed by atoms with Crippen molar-refractivity contribution in [1.82, 2.24) is 4.90 Å². The molecule has 21 heavy (non-hydrogen) atoms. The third-order valence-corrected chi connectivity index (χ3v) is 3.76. The second kappa shape index (κ2) is 8.07. The van der Waals surface area contributed by atoms with Gasteiger partial charge in [0.15, 0.2) is 0 Å². The Bertz CT molecular complexity index is 512. The molecule has 1 aromatic rings. The molecule has 3 nitrogen and oxygen atoms in total. The number of methoxy groups -OCH3 is 1. The fourth-order valence-electron chi connectivity index (χ4n) is 2.54. The Morgan fingerprint density at radius 2 is 2.19 bits per heavy atom. The summed E-state index contributed by atoms with van der Waals surface area (Å²) in [5, 5.41) is 8.90. The van der Waals surface area contributed by atoms with Crippen LogP contribution in [0.4, 0.5) is 0 Å². The normalized spacial score (nSPS) is 13.9. The van der Waals surface area contributed by atoms with E-state index in [0.717, 1.165) is 36.7 Å². The molecule has 0 amide bonds.